The maximum absolute atomic E-state index is 13.8. The highest BCUT2D eigenvalue weighted by Crippen LogP contribution is 2.45. The van der Waals surface area contributed by atoms with E-state index in [4.69, 9.17) is 11.6 Å². The average molecular weight is 498 g/mol. The van der Waals surface area contributed by atoms with Crippen LogP contribution in [0.15, 0.2) is 47.4 Å². The molecule has 0 unspecified atom stereocenters. The van der Waals surface area contributed by atoms with Crippen molar-refractivity contribution in [3.8, 4) is 0 Å². The number of nitrogens with zero attached hydrogens (tertiary/aromatic N) is 3. The van der Waals surface area contributed by atoms with Crippen LogP contribution >= 0.6 is 11.6 Å². The topological polar surface area (TPSA) is 55.2 Å². The molecule has 32 heavy (non-hydrogen) atoms. The molecule has 1 fully saturated rings. The monoisotopic (exact) mass is 497 g/mol. The SMILES string of the molecule is CC(F)(F)c1ccc(S(=O)(=O)n2nc(N3CC(F)(F)C(F)(F)C3)c3c(Cl)cccc32)cc1. The molecule has 1 saturated heterocycles. The molecule has 13 heteroatoms. The Morgan fingerprint density at radius 2 is 1.56 bits per heavy atom. The molecule has 0 amide bonds. The van der Waals surface area contributed by atoms with Crippen LogP contribution in [0.2, 0.25) is 5.02 Å². The molecule has 2 heterocycles. The summed E-state index contributed by atoms with van der Waals surface area (Å²) in [4.78, 5) is 0.152. The van der Waals surface area contributed by atoms with Crippen molar-refractivity contribution in [1.29, 1.82) is 0 Å². The first-order valence-corrected chi connectivity index (χ1v) is 10.9. The maximum atomic E-state index is 13.8. The van der Waals surface area contributed by atoms with E-state index in [1.807, 2.05) is 0 Å². The number of fused-ring (bicyclic) bond motifs is 1. The van der Waals surface area contributed by atoms with Gasteiger partial charge in [-0.1, -0.05) is 29.8 Å². The van der Waals surface area contributed by atoms with Crippen LogP contribution in [0, 0.1) is 0 Å². The van der Waals surface area contributed by atoms with Crippen molar-refractivity contribution >= 4 is 38.3 Å². The molecule has 0 N–H and O–H groups in total. The molecule has 0 radical (unpaired) electrons. The molecule has 2 aromatic carbocycles. The summed E-state index contributed by atoms with van der Waals surface area (Å²) in [6.07, 6.45) is 0. The highest BCUT2D eigenvalue weighted by Gasteiger charge is 2.63. The third kappa shape index (κ3) is 3.49. The average Bonchev–Trinajstić information content (AvgIpc) is 3.17. The van der Waals surface area contributed by atoms with Crippen LogP contribution in [0.3, 0.4) is 0 Å². The minimum absolute atomic E-state index is 0.0848. The van der Waals surface area contributed by atoms with Gasteiger partial charge in [-0.2, -0.15) is 30.1 Å². The molecule has 4 rings (SSSR count). The van der Waals surface area contributed by atoms with Crippen molar-refractivity contribution in [2.24, 2.45) is 0 Å². The van der Waals surface area contributed by atoms with Gasteiger partial charge in [-0.05, 0) is 24.3 Å². The summed E-state index contributed by atoms with van der Waals surface area (Å²) in [7, 11) is -4.51. The van der Waals surface area contributed by atoms with E-state index in [-0.39, 0.29) is 15.9 Å². The van der Waals surface area contributed by atoms with Gasteiger partial charge in [0.1, 0.15) is 0 Å². The van der Waals surface area contributed by atoms with Gasteiger partial charge in [0.15, 0.2) is 5.82 Å². The van der Waals surface area contributed by atoms with Crippen LogP contribution in [0.5, 0.6) is 0 Å². The van der Waals surface area contributed by atoms with E-state index < -0.39 is 57.2 Å². The third-order valence-corrected chi connectivity index (χ3v) is 7.02. The van der Waals surface area contributed by atoms with Gasteiger partial charge in [0.05, 0.1) is 33.9 Å². The second kappa shape index (κ2) is 7.01. The van der Waals surface area contributed by atoms with E-state index in [0.717, 1.165) is 24.3 Å². The molecule has 0 spiro atoms. The van der Waals surface area contributed by atoms with Crippen molar-refractivity contribution in [3.05, 3.63) is 53.1 Å². The molecular formula is C19H14ClF6N3O2S. The molecule has 5 nitrogen and oxygen atoms in total. The Kier molecular flexibility index (Phi) is 4.98. The summed E-state index contributed by atoms with van der Waals surface area (Å²) < 4.78 is 109. The number of anilines is 1. The molecule has 1 aliphatic heterocycles. The Hall–Kier alpha value is -2.47. The fourth-order valence-corrected chi connectivity index (χ4v) is 4.95. The number of alkyl halides is 6. The lowest BCUT2D eigenvalue weighted by Gasteiger charge is -2.14. The quantitative estimate of drug-likeness (QED) is 0.469. The fourth-order valence-electron chi connectivity index (χ4n) is 3.42. The van der Waals surface area contributed by atoms with E-state index in [0.29, 0.717) is 15.9 Å². The van der Waals surface area contributed by atoms with Gasteiger partial charge in [-0.3, -0.25) is 0 Å². The van der Waals surface area contributed by atoms with E-state index in [1.165, 1.54) is 18.2 Å². The van der Waals surface area contributed by atoms with Gasteiger partial charge in [-0.15, -0.1) is 5.10 Å². The number of rotatable bonds is 4. The number of hydrogen-bond donors (Lipinski definition) is 0. The Morgan fingerprint density at radius 1 is 1.00 bits per heavy atom. The van der Waals surface area contributed by atoms with Crippen molar-refractivity contribution in [1.82, 2.24) is 9.19 Å². The molecule has 0 atom stereocenters. The first-order valence-electron chi connectivity index (χ1n) is 9.07. The van der Waals surface area contributed by atoms with E-state index in [9.17, 15) is 34.8 Å². The standard InChI is InChI=1S/C19H14ClF6N3O2S/c1-17(21,22)11-5-7-12(8-6-11)32(30,31)29-14-4-2-3-13(20)15(14)16(27-29)28-9-18(23,24)19(25,26)10-28/h2-8H,9-10H2,1H3. The van der Waals surface area contributed by atoms with Gasteiger partial charge in [0.2, 0.25) is 0 Å². The fraction of sp³-hybridized carbons (Fsp3) is 0.316. The lowest BCUT2D eigenvalue weighted by atomic mass is 10.1. The predicted molar refractivity (Wildman–Crippen MR) is 105 cm³/mol. The third-order valence-electron chi connectivity index (χ3n) is 5.11. The minimum Gasteiger partial charge on any atom is -0.342 e. The number of benzene rings is 2. The van der Waals surface area contributed by atoms with Gasteiger partial charge in [0.25, 0.3) is 15.9 Å². The highest BCUT2D eigenvalue weighted by atomic mass is 35.5. The number of hydrogen-bond acceptors (Lipinski definition) is 4. The zero-order valence-corrected chi connectivity index (χ0v) is 17.7. The van der Waals surface area contributed by atoms with Crippen LogP contribution in [0.4, 0.5) is 32.2 Å². The molecule has 0 saturated carbocycles. The molecular weight excluding hydrogens is 484 g/mol. The van der Waals surface area contributed by atoms with Crippen molar-refractivity contribution in [3.63, 3.8) is 0 Å². The first-order chi connectivity index (χ1) is 14.6. The zero-order chi connectivity index (χ0) is 23.7. The van der Waals surface area contributed by atoms with Crippen molar-refractivity contribution < 1.29 is 34.8 Å². The van der Waals surface area contributed by atoms with Crippen LogP contribution in [0.25, 0.3) is 10.9 Å². The molecule has 1 aliphatic rings. The second-order valence-corrected chi connectivity index (χ2v) is 9.66. The number of aromatic nitrogens is 2. The van der Waals surface area contributed by atoms with Gasteiger partial charge >= 0.3 is 11.8 Å². The summed E-state index contributed by atoms with van der Waals surface area (Å²) in [6.45, 7) is -2.14. The molecule has 0 aliphatic carbocycles. The minimum atomic E-state index is -4.51. The van der Waals surface area contributed by atoms with Crippen LogP contribution in [-0.2, 0) is 15.9 Å². The predicted octanol–water partition coefficient (Wildman–Crippen LogP) is 5.13. The molecule has 3 aromatic rings. The molecule has 1 aromatic heterocycles. The smallest absolute Gasteiger partial charge is 0.329 e. The van der Waals surface area contributed by atoms with Crippen molar-refractivity contribution in [2.45, 2.75) is 29.6 Å². The maximum Gasteiger partial charge on any atom is 0.329 e. The Balaban J connectivity index is 1.87. The first kappa shape index (κ1) is 22.7. The second-order valence-electron chi connectivity index (χ2n) is 7.48. The Labute approximate surface area is 183 Å². The zero-order valence-electron chi connectivity index (χ0n) is 16.2. The summed E-state index contributed by atoms with van der Waals surface area (Å²) in [5.74, 6) is -12.4. The van der Waals surface area contributed by atoms with E-state index in [1.54, 1.807) is 0 Å². The van der Waals surface area contributed by atoms with Crippen LogP contribution in [0.1, 0.15) is 12.5 Å². The van der Waals surface area contributed by atoms with Crippen molar-refractivity contribution in [2.75, 3.05) is 18.0 Å². The summed E-state index contributed by atoms with van der Waals surface area (Å²) in [6, 6.07) is 7.71. The highest BCUT2D eigenvalue weighted by molar-refractivity contribution is 7.90. The Morgan fingerprint density at radius 3 is 2.09 bits per heavy atom. The summed E-state index contributed by atoms with van der Waals surface area (Å²) in [5.41, 5.74) is -0.567. The molecule has 172 valence electrons. The van der Waals surface area contributed by atoms with E-state index >= 15 is 0 Å². The molecule has 0 bridgehead atoms. The summed E-state index contributed by atoms with van der Waals surface area (Å²) >= 11 is 6.13. The lowest BCUT2D eigenvalue weighted by Crippen LogP contribution is -2.38. The van der Waals surface area contributed by atoms with Gasteiger partial charge < -0.3 is 4.90 Å². The largest absolute Gasteiger partial charge is 0.342 e. The van der Waals surface area contributed by atoms with E-state index in [2.05, 4.69) is 5.10 Å². The van der Waals surface area contributed by atoms with Crippen LogP contribution < -0.4 is 4.90 Å². The summed E-state index contributed by atoms with van der Waals surface area (Å²) in [5, 5.41) is 3.64. The lowest BCUT2D eigenvalue weighted by molar-refractivity contribution is -0.172. The van der Waals surface area contributed by atoms with Crippen LogP contribution in [-0.4, -0.2) is 42.5 Å². The number of halogens is 7. The van der Waals surface area contributed by atoms with Gasteiger partial charge in [0, 0.05) is 12.5 Å². The van der Waals surface area contributed by atoms with Gasteiger partial charge in [-0.25, -0.2) is 8.78 Å². The normalized spacial score (nSPS) is 18.4. The Bertz CT molecular complexity index is 1290.